The minimum absolute atomic E-state index is 0.0672. The minimum atomic E-state index is -0.600. The molecule has 0 aliphatic rings. The van der Waals surface area contributed by atoms with Gasteiger partial charge in [-0.25, -0.2) is 14.3 Å². The zero-order valence-electron chi connectivity index (χ0n) is 11.8. The van der Waals surface area contributed by atoms with Crippen LogP contribution in [0.2, 0.25) is 0 Å². The van der Waals surface area contributed by atoms with Crippen molar-refractivity contribution < 1.29 is 23.8 Å². The fourth-order valence-electron chi connectivity index (χ4n) is 1.63. The summed E-state index contributed by atoms with van der Waals surface area (Å²) in [5, 5.41) is 3.90. The molecule has 0 unspecified atom stereocenters. The van der Waals surface area contributed by atoms with Gasteiger partial charge >= 0.3 is 11.9 Å². The van der Waals surface area contributed by atoms with E-state index in [1.54, 1.807) is 31.3 Å². The number of carbonyl (C=O) groups is 2. The first-order valence-electron chi connectivity index (χ1n) is 6.03. The third-order valence-electron chi connectivity index (χ3n) is 2.75. The van der Waals surface area contributed by atoms with Gasteiger partial charge in [0.15, 0.2) is 5.69 Å². The molecule has 1 aromatic carbocycles. The Labute approximate surface area is 121 Å². The number of aromatic nitrogens is 2. The Hall–Kier alpha value is -2.83. The number of hydrogen-bond donors (Lipinski definition) is 0. The van der Waals surface area contributed by atoms with Crippen LogP contribution in [0.3, 0.4) is 0 Å². The maximum atomic E-state index is 12.0. The van der Waals surface area contributed by atoms with E-state index in [9.17, 15) is 9.59 Å². The maximum absolute atomic E-state index is 12.0. The van der Waals surface area contributed by atoms with E-state index in [1.165, 1.54) is 25.0 Å². The first kappa shape index (κ1) is 14.6. The van der Waals surface area contributed by atoms with Crippen molar-refractivity contribution in [3.05, 3.63) is 41.6 Å². The van der Waals surface area contributed by atoms with Gasteiger partial charge in [0.1, 0.15) is 5.75 Å². The Morgan fingerprint density at radius 1 is 1.10 bits per heavy atom. The Morgan fingerprint density at radius 2 is 1.76 bits per heavy atom. The molecule has 0 aliphatic carbocycles. The molecule has 1 aromatic heterocycles. The van der Waals surface area contributed by atoms with Crippen molar-refractivity contribution in [2.24, 2.45) is 7.05 Å². The number of rotatable bonds is 4. The van der Waals surface area contributed by atoms with Crippen molar-refractivity contribution in [2.45, 2.75) is 0 Å². The summed E-state index contributed by atoms with van der Waals surface area (Å²) < 4.78 is 16.0. The average Bonchev–Trinajstić information content (AvgIpc) is 2.87. The van der Waals surface area contributed by atoms with Crippen molar-refractivity contribution >= 4 is 11.9 Å². The molecular weight excluding hydrogens is 276 g/mol. The lowest BCUT2D eigenvalue weighted by Gasteiger charge is -2.04. The molecule has 0 atom stereocenters. The number of benzene rings is 1. The van der Waals surface area contributed by atoms with Gasteiger partial charge in [-0.15, -0.1) is 0 Å². The summed E-state index contributed by atoms with van der Waals surface area (Å²) in [5.74, 6) is -0.370. The van der Waals surface area contributed by atoms with Crippen LogP contribution in [0.4, 0.5) is 0 Å². The Balaban J connectivity index is 2.15. The molecular formula is C14H14N2O5. The highest BCUT2D eigenvalue weighted by Gasteiger charge is 2.17. The van der Waals surface area contributed by atoms with Gasteiger partial charge in [-0.1, -0.05) is 0 Å². The van der Waals surface area contributed by atoms with Crippen LogP contribution in [-0.2, 0) is 11.8 Å². The van der Waals surface area contributed by atoms with Crippen molar-refractivity contribution in [3.63, 3.8) is 0 Å². The molecule has 2 rings (SSSR count). The predicted molar refractivity (Wildman–Crippen MR) is 72.5 cm³/mol. The summed E-state index contributed by atoms with van der Waals surface area (Å²) in [4.78, 5) is 23.3. The molecule has 7 nitrogen and oxygen atoms in total. The van der Waals surface area contributed by atoms with Crippen LogP contribution in [0.1, 0.15) is 20.8 Å². The SMILES string of the molecule is COC(=O)c1cc(OC(=O)c2ccc(OC)cc2)n(C)n1. The van der Waals surface area contributed by atoms with E-state index in [4.69, 9.17) is 9.47 Å². The molecule has 110 valence electrons. The highest BCUT2D eigenvalue weighted by Crippen LogP contribution is 2.16. The van der Waals surface area contributed by atoms with E-state index >= 15 is 0 Å². The molecule has 0 amide bonds. The molecule has 0 bridgehead atoms. The maximum Gasteiger partial charge on any atom is 0.358 e. The first-order chi connectivity index (χ1) is 10.0. The number of methoxy groups -OCH3 is 2. The predicted octanol–water partition coefficient (Wildman–Crippen LogP) is 1.43. The normalized spacial score (nSPS) is 10.0. The standard InChI is InChI=1S/C14H14N2O5/c1-16-12(8-11(15-16)14(18)20-3)21-13(17)9-4-6-10(19-2)7-5-9/h4-8H,1-3H3. The van der Waals surface area contributed by atoms with Gasteiger partial charge in [-0.05, 0) is 24.3 Å². The van der Waals surface area contributed by atoms with Gasteiger partial charge in [0, 0.05) is 13.1 Å². The van der Waals surface area contributed by atoms with Crippen molar-refractivity contribution in [3.8, 4) is 11.6 Å². The highest BCUT2D eigenvalue weighted by molar-refractivity contribution is 5.91. The number of aryl methyl sites for hydroxylation is 1. The van der Waals surface area contributed by atoms with E-state index in [1.807, 2.05) is 0 Å². The number of carbonyl (C=O) groups excluding carboxylic acids is 2. The summed E-state index contributed by atoms with van der Waals surface area (Å²) >= 11 is 0. The van der Waals surface area contributed by atoms with Crippen LogP contribution in [0.25, 0.3) is 0 Å². The van der Waals surface area contributed by atoms with E-state index in [2.05, 4.69) is 9.84 Å². The van der Waals surface area contributed by atoms with Gasteiger partial charge in [-0.2, -0.15) is 5.10 Å². The van der Waals surface area contributed by atoms with Gasteiger partial charge in [0.25, 0.3) is 0 Å². The average molecular weight is 290 g/mol. The summed E-state index contributed by atoms with van der Waals surface area (Å²) in [5.41, 5.74) is 0.425. The van der Waals surface area contributed by atoms with Crippen LogP contribution in [-0.4, -0.2) is 35.9 Å². The van der Waals surface area contributed by atoms with Crippen molar-refractivity contribution in [1.29, 1.82) is 0 Å². The van der Waals surface area contributed by atoms with Gasteiger partial charge in [-0.3, -0.25) is 0 Å². The zero-order valence-corrected chi connectivity index (χ0v) is 11.8. The molecule has 0 radical (unpaired) electrons. The zero-order chi connectivity index (χ0) is 15.4. The summed E-state index contributed by atoms with van der Waals surface area (Å²) in [7, 11) is 4.35. The fraction of sp³-hybridized carbons (Fsp3) is 0.214. The summed E-state index contributed by atoms with van der Waals surface area (Å²) in [6, 6.07) is 7.81. The first-order valence-corrected chi connectivity index (χ1v) is 6.03. The number of hydrogen-bond acceptors (Lipinski definition) is 6. The Bertz CT molecular complexity index is 661. The van der Waals surface area contributed by atoms with E-state index in [0.717, 1.165) is 0 Å². The molecule has 2 aromatic rings. The largest absolute Gasteiger partial charge is 0.497 e. The van der Waals surface area contributed by atoms with Crippen LogP contribution >= 0.6 is 0 Å². The van der Waals surface area contributed by atoms with E-state index in [0.29, 0.717) is 11.3 Å². The molecule has 21 heavy (non-hydrogen) atoms. The summed E-state index contributed by atoms with van der Waals surface area (Å²) in [6.45, 7) is 0. The van der Waals surface area contributed by atoms with Crippen LogP contribution in [0, 0.1) is 0 Å². The van der Waals surface area contributed by atoms with Crippen molar-refractivity contribution in [2.75, 3.05) is 14.2 Å². The molecule has 0 saturated heterocycles. The third kappa shape index (κ3) is 3.19. The second kappa shape index (κ2) is 6.08. The lowest BCUT2D eigenvalue weighted by molar-refractivity contribution is 0.0592. The van der Waals surface area contributed by atoms with Gasteiger partial charge in [0.2, 0.25) is 5.88 Å². The Morgan fingerprint density at radius 3 is 2.33 bits per heavy atom. The summed E-state index contributed by atoms with van der Waals surface area (Å²) in [6.07, 6.45) is 0. The monoisotopic (exact) mass is 290 g/mol. The number of esters is 2. The quantitative estimate of drug-likeness (QED) is 0.793. The number of nitrogens with zero attached hydrogens (tertiary/aromatic N) is 2. The topological polar surface area (TPSA) is 79.6 Å². The molecule has 0 N–H and O–H groups in total. The third-order valence-corrected chi connectivity index (χ3v) is 2.75. The molecule has 1 heterocycles. The van der Waals surface area contributed by atoms with Gasteiger partial charge < -0.3 is 14.2 Å². The molecule has 0 aliphatic heterocycles. The molecule has 0 spiro atoms. The lowest BCUT2D eigenvalue weighted by atomic mass is 10.2. The van der Waals surface area contributed by atoms with Crippen LogP contribution < -0.4 is 9.47 Å². The molecule has 0 saturated carbocycles. The molecule has 0 fully saturated rings. The van der Waals surface area contributed by atoms with Crippen LogP contribution in [0.15, 0.2) is 30.3 Å². The van der Waals surface area contributed by atoms with E-state index < -0.39 is 11.9 Å². The van der Waals surface area contributed by atoms with E-state index in [-0.39, 0.29) is 11.6 Å². The smallest absolute Gasteiger partial charge is 0.358 e. The van der Waals surface area contributed by atoms with Crippen molar-refractivity contribution in [1.82, 2.24) is 9.78 Å². The lowest BCUT2D eigenvalue weighted by Crippen LogP contribution is -2.10. The second-order valence-corrected chi connectivity index (χ2v) is 4.10. The van der Waals surface area contributed by atoms with Gasteiger partial charge in [0.05, 0.1) is 19.8 Å². The highest BCUT2D eigenvalue weighted by atomic mass is 16.5. The second-order valence-electron chi connectivity index (χ2n) is 4.10. The fourth-order valence-corrected chi connectivity index (χ4v) is 1.63. The molecule has 7 heteroatoms. The number of ether oxygens (including phenoxy) is 3. The Kier molecular flexibility index (Phi) is 4.22. The van der Waals surface area contributed by atoms with Crippen LogP contribution in [0.5, 0.6) is 11.6 Å². The minimum Gasteiger partial charge on any atom is -0.497 e.